The molecule has 1 atom stereocenters. The average molecular weight is 241 g/mol. The van der Waals surface area contributed by atoms with Crippen LogP contribution in [-0.2, 0) is 10.0 Å². The molecule has 1 rings (SSSR count). The van der Waals surface area contributed by atoms with Crippen molar-refractivity contribution in [2.75, 3.05) is 0 Å². The van der Waals surface area contributed by atoms with Gasteiger partial charge in [-0.1, -0.05) is 39.8 Å². The Morgan fingerprint density at radius 1 is 1.12 bits per heavy atom. The second-order valence-corrected chi connectivity index (χ2v) is 6.76. The molecule has 0 heterocycles. The fourth-order valence-corrected chi connectivity index (χ4v) is 1.96. The number of benzene rings is 1. The molecule has 4 heteroatoms. The molecule has 90 valence electrons. The Kier molecular flexibility index (Phi) is 3.45. The van der Waals surface area contributed by atoms with Gasteiger partial charge in [-0.15, -0.1) is 0 Å². The van der Waals surface area contributed by atoms with Gasteiger partial charge in [0.1, 0.15) is 0 Å². The van der Waals surface area contributed by atoms with Crippen molar-refractivity contribution in [3.63, 3.8) is 0 Å². The van der Waals surface area contributed by atoms with Gasteiger partial charge in [-0.25, -0.2) is 13.6 Å². The highest BCUT2D eigenvalue weighted by atomic mass is 32.2. The van der Waals surface area contributed by atoms with Crippen molar-refractivity contribution < 1.29 is 8.42 Å². The van der Waals surface area contributed by atoms with Gasteiger partial charge in [0.15, 0.2) is 0 Å². The normalized spacial score (nSPS) is 14.8. The Labute approximate surface area is 97.7 Å². The molecule has 0 fully saturated rings. The number of hydrogen-bond acceptors (Lipinski definition) is 2. The monoisotopic (exact) mass is 241 g/mol. The Balaban J connectivity index is 3.05. The van der Waals surface area contributed by atoms with E-state index in [0.717, 1.165) is 5.56 Å². The summed E-state index contributed by atoms with van der Waals surface area (Å²) >= 11 is 0. The number of nitrogens with two attached hydrogens (primary N) is 1. The maximum Gasteiger partial charge on any atom is 0.238 e. The first-order valence-corrected chi connectivity index (χ1v) is 6.80. The molecule has 0 spiro atoms. The van der Waals surface area contributed by atoms with Gasteiger partial charge in [-0.2, -0.15) is 0 Å². The van der Waals surface area contributed by atoms with E-state index >= 15 is 0 Å². The highest BCUT2D eigenvalue weighted by molar-refractivity contribution is 7.89. The molecule has 3 nitrogen and oxygen atoms in total. The van der Waals surface area contributed by atoms with Crippen LogP contribution in [0.3, 0.4) is 0 Å². The van der Waals surface area contributed by atoms with Crippen molar-refractivity contribution in [2.24, 2.45) is 10.6 Å². The standard InChI is InChI=1S/C12H19NO2S/c1-9(12(2,3)4)10-5-7-11(8-6-10)16(13,14)15/h5-9H,1-4H3,(H2,13,14,15). The summed E-state index contributed by atoms with van der Waals surface area (Å²) in [5.74, 6) is 0.363. The largest absolute Gasteiger partial charge is 0.238 e. The van der Waals surface area contributed by atoms with Crippen LogP contribution < -0.4 is 5.14 Å². The van der Waals surface area contributed by atoms with Gasteiger partial charge in [-0.05, 0) is 29.0 Å². The van der Waals surface area contributed by atoms with Gasteiger partial charge >= 0.3 is 0 Å². The van der Waals surface area contributed by atoms with E-state index in [1.54, 1.807) is 12.1 Å². The Bertz CT molecular complexity index is 455. The molecule has 0 aromatic heterocycles. The van der Waals surface area contributed by atoms with Crippen LogP contribution in [0.2, 0.25) is 0 Å². The summed E-state index contributed by atoms with van der Waals surface area (Å²) in [6.45, 7) is 8.60. The summed E-state index contributed by atoms with van der Waals surface area (Å²) in [6.07, 6.45) is 0. The number of rotatable bonds is 2. The number of sulfonamides is 1. The lowest BCUT2D eigenvalue weighted by atomic mass is 9.78. The zero-order valence-corrected chi connectivity index (χ0v) is 11.0. The summed E-state index contributed by atoms with van der Waals surface area (Å²) in [5, 5.41) is 5.04. The summed E-state index contributed by atoms with van der Waals surface area (Å²) in [4.78, 5) is 0.164. The fraction of sp³-hybridized carbons (Fsp3) is 0.500. The van der Waals surface area contributed by atoms with E-state index < -0.39 is 10.0 Å². The van der Waals surface area contributed by atoms with Gasteiger partial charge in [-0.3, -0.25) is 0 Å². The third-order valence-corrected chi connectivity index (χ3v) is 3.94. The topological polar surface area (TPSA) is 60.2 Å². The van der Waals surface area contributed by atoms with Crippen LogP contribution >= 0.6 is 0 Å². The molecular weight excluding hydrogens is 222 g/mol. The molecule has 1 unspecified atom stereocenters. The first-order chi connectivity index (χ1) is 7.12. The Morgan fingerprint density at radius 3 is 1.88 bits per heavy atom. The van der Waals surface area contributed by atoms with Gasteiger partial charge in [0.25, 0.3) is 0 Å². The summed E-state index contributed by atoms with van der Waals surface area (Å²) in [6, 6.07) is 6.78. The molecule has 1 aromatic rings. The molecule has 2 N–H and O–H groups in total. The Hall–Kier alpha value is -0.870. The summed E-state index contributed by atoms with van der Waals surface area (Å²) < 4.78 is 22.2. The fourth-order valence-electron chi connectivity index (χ4n) is 1.45. The highest BCUT2D eigenvalue weighted by Crippen LogP contribution is 2.34. The van der Waals surface area contributed by atoms with Crippen LogP contribution in [0, 0.1) is 5.41 Å². The second-order valence-electron chi connectivity index (χ2n) is 5.20. The highest BCUT2D eigenvalue weighted by Gasteiger charge is 2.21. The quantitative estimate of drug-likeness (QED) is 0.864. The average Bonchev–Trinajstić information content (AvgIpc) is 2.14. The minimum absolute atomic E-state index is 0.156. The van der Waals surface area contributed by atoms with Crippen LogP contribution in [0.15, 0.2) is 29.2 Å². The van der Waals surface area contributed by atoms with Crippen molar-refractivity contribution in [3.8, 4) is 0 Å². The van der Waals surface area contributed by atoms with E-state index in [-0.39, 0.29) is 10.3 Å². The SMILES string of the molecule is CC(c1ccc(S(N)(=O)=O)cc1)C(C)(C)C. The number of hydrogen-bond donors (Lipinski definition) is 1. The van der Waals surface area contributed by atoms with E-state index in [1.807, 2.05) is 12.1 Å². The van der Waals surface area contributed by atoms with E-state index in [2.05, 4.69) is 27.7 Å². The summed E-state index contributed by atoms with van der Waals surface area (Å²) in [5.41, 5.74) is 1.28. The maximum absolute atomic E-state index is 11.1. The lowest BCUT2D eigenvalue weighted by Gasteiger charge is -2.27. The third-order valence-electron chi connectivity index (χ3n) is 3.01. The lowest BCUT2D eigenvalue weighted by Crippen LogP contribution is -2.16. The van der Waals surface area contributed by atoms with Crippen molar-refractivity contribution in [1.82, 2.24) is 0 Å². The van der Waals surface area contributed by atoms with Gasteiger partial charge in [0.05, 0.1) is 4.90 Å². The van der Waals surface area contributed by atoms with Crippen LogP contribution in [0.4, 0.5) is 0 Å². The molecule has 0 saturated heterocycles. The second kappa shape index (κ2) is 4.18. The van der Waals surface area contributed by atoms with E-state index in [1.165, 1.54) is 0 Å². The van der Waals surface area contributed by atoms with Crippen molar-refractivity contribution >= 4 is 10.0 Å². The predicted octanol–water partition coefficient (Wildman–Crippen LogP) is 2.48. The first-order valence-electron chi connectivity index (χ1n) is 5.25. The van der Waals surface area contributed by atoms with Crippen LogP contribution in [-0.4, -0.2) is 8.42 Å². The van der Waals surface area contributed by atoms with Crippen molar-refractivity contribution in [1.29, 1.82) is 0 Å². The third kappa shape index (κ3) is 3.06. The molecule has 16 heavy (non-hydrogen) atoms. The van der Waals surface area contributed by atoms with Crippen LogP contribution in [0.25, 0.3) is 0 Å². The predicted molar refractivity (Wildman–Crippen MR) is 65.7 cm³/mol. The molecule has 0 saturated carbocycles. The molecule has 0 aliphatic heterocycles. The van der Waals surface area contributed by atoms with Gasteiger partial charge in [0.2, 0.25) is 10.0 Å². The summed E-state index contributed by atoms with van der Waals surface area (Å²) in [7, 11) is -3.58. The van der Waals surface area contributed by atoms with Crippen LogP contribution in [0.1, 0.15) is 39.2 Å². The van der Waals surface area contributed by atoms with Gasteiger partial charge < -0.3 is 0 Å². The molecule has 0 aliphatic rings. The molecule has 0 radical (unpaired) electrons. The molecular formula is C12H19NO2S. The first kappa shape index (κ1) is 13.2. The molecule has 1 aromatic carbocycles. The smallest absolute Gasteiger partial charge is 0.225 e. The number of primary sulfonamides is 1. The van der Waals surface area contributed by atoms with E-state index in [4.69, 9.17) is 5.14 Å². The van der Waals surface area contributed by atoms with Crippen molar-refractivity contribution in [2.45, 2.75) is 38.5 Å². The lowest BCUT2D eigenvalue weighted by molar-refractivity contribution is 0.339. The minimum Gasteiger partial charge on any atom is -0.225 e. The minimum atomic E-state index is -3.58. The maximum atomic E-state index is 11.1. The van der Waals surface area contributed by atoms with E-state index in [9.17, 15) is 8.42 Å². The molecule has 0 bridgehead atoms. The zero-order valence-electron chi connectivity index (χ0n) is 10.2. The Morgan fingerprint density at radius 2 is 1.56 bits per heavy atom. The zero-order chi connectivity index (χ0) is 12.6. The molecule has 0 aliphatic carbocycles. The molecule has 0 amide bonds. The van der Waals surface area contributed by atoms with Crippen LogP contribution in [0.5, 0.6) is 0 Å². The van der Waals surface area contributed by atoms with Gasteiger partial charge in [0, 0.05) is 0 Å². The van der Waals surface area contributed by atoms with Crippen molar-refractivity contribution in [3.05, 3.63) is 29.8 Å². The van der Waals surface area contributed by atoms with E-state index in [0.29, 0.717) is 5.92 Å².